The highest BCUT2D eigenvalue weighted by Crippen LogP contribution is 2.20. The number of carbonyl (C=O) groups is 1. The van der Waals surface area contributed by atoms with E-state index in [1.54, 1.807) is 29.6 Å². The molecule has 0 saturated carbocycles. The van der Waals surface area contributed by atoms with Gasteiger partial charge in [0.15, 0.2) is 0 Å². The van der Waals surface area contributed by atoms with Crippen molar-refractivity contribution in [1.82, 2.24) is 0 Å². The molecule has 2 aromatic carbocycles. The van der Waals surface area contributed by atoms with Crippen molar-refractivity contribution in [1.29, 1.82) is 0 Å². The third kappa shape index (κ3) is 4.13. The van der Waals surface area contributed by atoms with E-state index < -0.39 is 25.6 Å². The number of non-ortho nitro benzene ring substituents is 1. The molecule has 1 aromatic heterocycles. The van der Waals surface area contributed by atoms with Gasteiger partial charge in [0, 0.05) is 12.1 Å². The Morgan fingerprint density at radius 2 is 1.68 bits per heavy atom. The molecule has 0 aliphatic heterocycles. The standard InChI is InChI=1S/C18H13N3O5S2/c22-17(16-7-4-12-27-16)18(28(25,26)15-5-2-1-3-6-15)20-19-13-8-10-14(11-9-13)21(23)24/h1-12,19H/b20-18+. The molecule has 0 atom stereocenters. The van der Waals surface area contributed by atoms with E-state index in [1.165, 1.54) is 42.5 Å². The number of ketones is 1. The van der Waals surface area contributed by atoms with E-state index in [0.717, 1.165) is 11.3 Å². The average molecular weight is 415 g/mol. The van der Waals surface area contributed by atoms with Gasteiger partial charge in [-0.05, 0) is 35.7 Å². The molecule has 0 spiro atoms. The van der Waals surface area contributed by atoms with E-state index in [0.29, 0.717) is 5.69 Å². The molecular formula is C18H13N3O5S2. The van der Waals surface area contributed by atoms with E-state index in [9.17, 15) is 23.3 Å². The molecule has 0 saturated heterocycles. The third-order valence-corrected chi connectivity index (χ3v) is 6.16. The minimum Gasteiger partial charge on any atom is -0.285 e. The molecule has 28 heavy (non-hydrogen) atoms. The van der Waals surface area contributed by atoms with Gasteiger partial charge in [-0.25, -0.2) is 8.42 Å². The Morgan fingerprint density at radius 1 is 1.00 bits per heavy atom. The maximum absolute atomic E-state index is 13.0. The van der Waals surface area contributed by atoms with Gasteiger partial charge in [-0.2, -0.15) is 5.10 Å². The van der Waals surface area contributed by atoms with E-state index in [-0.39, 0.29) is 15.5 Å². The lowest BCUT2D eigenvalue weighted by Gasteiger charge is -2.08. The Labute approximate surface area is 164 Å². The van der Waals surface area contributed by atoms with Crippen LogP contribution in [0.1, 0.15) is 9.67 Å². The van der Waals surface area contributed by atoms with Gasteiger partial charge in [0.2, 0.25) is 20.7 Å². The molecule has 8 nitrogen and oxygen atoms in total. The van der Waals surface area contributed by atoms with E-state index >= 15 is 0 Å². The number of hydrazone groups is 1. The molecule has 10 heteroatoms. The number of carbonyl (C=O) groups excluding carboxylic acids is 1. The predicted octanol–water partition coefficient (Wildman–Crippen LogP) is 3.74. The normalized spacial score (nSPS) is 11.8. The summed E-state index contributed by atoms with van der Waals surface area (Å²) in [6, 6.07) is 15.8. The summed E-state index contributed by atoms with van der Waals surface area (Å²) in [6.45, 7) is 0. The molecule has 0 aliphatic rings. The molecular weight excluding hydrogens is 402 g/mol. The number of benzene rings is 2. The van der Waals surface area contributed by atoms with E-state index in [1.807, 2.05) is 0 Å². The smallest absolute Gasteiger partial charge is 0.269 e. The number of rotatable bonds is 6. The first-order valence-corrected chi connectivity index (χ1v) is 10.2. The Kier molecular flexibility index (Phi) is 5.62. The third-order valence-electron chi connectivity index (χ3n) is 3.61. The van der Waals surface area contributed by atoms with Gasteiger partial charge >= 0.3 is 0 Å². The zero-order valence-electron chi connectivity index (χ0n) is 14.2. The van der Waals surface area contributed by atoms with Crippen molar-refractivity contribution in [3.05, 3.63) is 87.1 Å². The fourth-order valence-electron chi connectivity index (χ4n) is 2.23. The highest BCUT2D eigenvalue weighted by Gasteiger charge is 2.30. The monoisotopic (exact) mass is 415 g/mol. The first-order chi connectivity index (χ1) is 13.4. The van der Waals surface area contributed by atoms with Crippen molar-refractivity contribution >= 4 is 43.4 Å². The highest BCUT2D eigenvalue weighted by molar-refractivity contribution is 8.08. The maximum Gasteiger partial charge on any atom is 0.269 e. The van der Waals surface area contributed by atoms with Crippen LogP contribution in [0.2, 0.25) is 0 Å². The summed E-state index contributed by atoms with van der Waals surface area (Å²) in [6.07, 6.45) is 0. The molecule has 0 unspecified atom stereocenters. The number of nitro benzene ring substituents is 1. The number of hydrogen-bond donors (Lipinski definition) is 1. The Hall–Kier alpha value is -3.37. The zero-order chi connectivity index (χ0) is 20.1. The number of thiophene rings is 1. The van der Waals surface area contributed by atoms with Crippen molar-refractivity contribution < 1.29 is 18.1 Å². The molecule has 0 aliphatic carbocycles. The van der Waals surface area contributed by atoms with E-state index in [4.69, 9.17) is 0 Å². The number of nitrogens with one attached hydrogen (secondary N) is 1. The molecule has 0 bridgehead atoms. The van der Waals surface area contributed by atoms with Crippen LogP contribution in [0.15, 0.2) is 82.1 Å². The van der Waals surface area contributed by atoms with Crippen molar-refractivity contribution in [2.45, 2.75) is 4.90 Å². The first-order valence-electron chi connectivity index (χ1n) is 7.86. The minimum absolute atomic E-state index is 0.0656. The van der Waals surface area contributed by atoms with Crippen LogP contribution >= 0.6 is 11.3 Å². The quantitative estimate of drug-likeness (QED) is 0.215. The molecule has 3 aromatic rings. The average Bonchev–Trinajstić information content (AvgIpc) is 3.24. The molecule has 3 rings (SSSR count). The summed E-state index contributed by atoms with van der Waals surface area (Å²) in [4.78, 5) is 23.1. The lowest BCUT2D eigenvalue weighted by atomic mass is 10.3. The van der Waals surface area contributed by atoms with Gasteiger partial charge < -0.3 is 0 Å². The largest absolute Gasteiger partial charge is 0.285 e. The number of nitro groups is 1. The second-order valence-electron chi connectivity index (χ2n) is 5.46. The van der Waals surface area contributed by atoms with Gasteiger partial charge in [0.1, 0.15) is 0 Å². The van der Waals surface area contributed by atoms with Crippen LogP contribution in [0, 0.1) is 10.1 Å². The first kappa shape index (κ1) is 19.4. The zero-order valence-corrected chi connectivity index (χ0v) is 15.8. The Bertz CT molecular complexity index is 1120. The molecule has 142 valence electrons. The summed E-state index contributed by atoms with van der Waals surface area (Å²) in [7, 11) is -4.18. The van der Waals surface area contributed by atoms with Crippen molar-refractivity contribution in [3.8, 4) is 0 Å². The van der Waals surface area contributed by atoms with Crippen LogP contribution in [0.5, 0.6) is 0 Å². The van der Waals surface area contributed by atoms with Gasteiger partial charge in [0.25, 0.3) is 5.69 Å². The summed E-state index contributed by atoms with van der Waals surface area (Å²) in [5.41, 5.74) is 2.67. The molecule has 1 N–H and O–H groups in total. The fraction of sp³-hybridized carbons (Fsp3) is 0. The highest BCUT2D eigenvalue weighted by atomic mass is 32.2. The molecule has 0 amide bonds. The second kappa shape index (κ2) is 8.11. The lowest BCUT2D eigenvalue weighted by Crippen LogP contribution is -2.25. The molecule has 1 heterocycles. The lowest BCUT2D eigenvalue weighted by molar-refractivity contribution is -0.384. The summed E-state index contributed by atoms with van der Waals surface area (Å²) in [5, 5.41) is 15.5. The van der Waals surface area contributed by atoms with Gasteiger partial charge in [-0.1, -0.05) is 24.3 Å². The SMILES string of the molecule is O=C(/C(=N\Nc1ccc([N+](=O)[O-])cc1)S(=O)(=O)c1ccccc1)c1cccs1. The van der Waals surface area contributed by atoms with Gasteiger partial charge in [-0.15, -0.1) is 11.3 Å². The van der Waals surface area contributed by atoms with Crippen LogP contribution in [-0.4, -0.2) is 24.2 Å². The van der Waals surface area contributed by atoms with Crippen LogP contribution in [-0.2, 0) is 9.84 Å². The van der Waals surface area contributed by atoms with Crippen LogP contribution < -0.4 is 5.43 Å². The van der Waals surface area contributed by atoms with Gasteiger partial charge in [0.05, 0.1) is 20.4 Å². The van der Waals surface area contributed by atoms with Crippen molar-refractivity contribution in [3.63, 3.8) is 0 Å². The van der Waals surface area contributed by atoms with Crippen LogP contribution in [0.3, 0.4) is 0 Å². The predicted molar refractivity (Wildman–Crippen MR) is 106 cm³/mol. The number of Topliss-reactive ketones (excluding diaryl/α,β-unsaturated/α-hetero) is 1. The van der Waals surface area contributed by atoms with Crippen molar-refractivity contribution in [2.24, 2.45) is 5.10 Å². The van der Waals surface area contributed by atoms with Gasteiger partial charge in [-0.3, -0.25) is 20.3 Å². The Morgan fingerprint density at radius 3 is 2.25 bits per heavy atom. The second-order valence-corrected chi connectivity index (χ2v) is 8.27. The topological polar surface area (TPSA) is 119 Å². The van der Waals surface area contributed by atoms with E-state index in [2.05, 4.69) is 10.5 Å². The van der Waals surface area contributed by atoms with Crippen molar-refractivity contribution in [2.75, 3.05) is 5.43 Å². The minimum atomic E-state index is -4.18. The fourth-order valence-corrected chi connectivity index (χ4v) is 4.22. The molecule has 0 radical (unpaired) electrons. The Balaban J connectivity index is 2.00. The number of nitrogens with zero attached hydrogens (tertiary/aromatic N) is 2. The summed E-state index contributed by atoms with van der Waals surface area (Å²) in [5.74, 6) is -0.742. The molecule has 0 fully saturated rings. The maximum atomic E-state index is 13.0. The summed E-state index contributed by atoms with van der Waals surface area (Å²) < 4.78 is 25.9. The number of anilines is 1. The number of sulfone groups is 1. The van der Waals surface area contributed by atoms with Crippen LogP contribution in [0.25, 0.3) is 0 Å². The summed E-state index contributed by atoms with van der Waals surface area (Å²) >= 11 is 1.10. The number of hydrogen-bond acceptors (Lipinski definition) is 8. The van der Waals surface area contributed by atoms with Crippen LogP contribution in [0.4, 0.5) is 11.4 Å².